The highest BCUT2D eigenvalue weighted by Crippen LogP contribution is 2.38. The molecule has 0 atom stereocenters. The van der Waals surface area contributed by atoms with E-state index in [9.17, 15) is 14.7 Å². The Labute approximate surface area is 205 Å². The summed E-state index contributed by atoms with van der Waals surface area (Å²) >= 11 is 2.64. The van der Waals surface area contributed by atoms with E-state index in [1.54, 1.807) is 38.3 Å². The SMILES string of the molecule is CCOC(=O)c1c(NC(=O)CCSc2c([O-])on[n+]2-c2ccc(OC)cc2)sc2c1CCCC2. The number of rotatable bonds is 9. The number of carbonyl (C=O) groups is 2. The maximum Gasteiger partial charge on any atom is 0.341 e. The van der Waals surface area contributed by atoms with Crippen molar-refractivity contribution in [3.8, 4) is 17.4 Å². The van der Waals surface area contributed by atoms with Crippen molar-refractivity contribution in [3.63, 3.8) is 0 Å². The monoisotopic (exact) mass is 503 g/mol. The van der Waals surface area contributed by atoms with E-state index < -0.39 is 11.9 Å². The van der Waals surface area contributed by atoms with Gasteiger partial charge < -0.3 is 24.4 Å². The summed E-state index contributed by atoms with van der Waals surface area (Å²) < 4.78 is 16.6. The highest BCUT2D eigenvalue weighted by Gasteiger charge is 2.27. The average molecular weight is 504 g/mol. The molecular formula is C23H25N3O6S2. The van der Waals surface area contributed by atoms with Crippen LogP contribution in [0.5, 0.6) is 11.7 Å². The van der Waals surface area contributed by atoms with Gasteiger partial charge in [-0.15, -0.1) is 11.3 Å². The Balaban J connectivity index is 1.42. The first-order valence-corrected chi connectivity index (χ1v) is 12.8. The summed E-state index contributed by atoms with van der Waals surface area (Å²) in [5, 5.41) is 19.7. The maximum absolute atomic E-state index is 12.7. The van der Waals surface area contributed by atoms with Crippen molar-refractivity contribution in [2.24, 2.45) is 0 Å². The number of benzene rings is 1. The number of aryl methyl sites for hydroxylation is 1. The lowest BCUT2D eigenvalue weighted by Crippen LogP contribution is -2.34. The molecule has 4 rings (SSSR count). The Morgan fingerprint density at radius 1 is 1.26 bits per heavy atom. The van der Waals surface area contributed by atoms with E-state index >= 15 is 0 Å². The smallest absolute Gasteiger partial charge is 0.341 e. The van der Waals surface area contributed by atoms with Crippen LogP contribution < -0.4 is 19.8 Å². The third-order valence-corrected chi connectivity index (χ3v) is 7.59. The standard InChI is InChI=1S/C23H25N3O6S2/c1-3-31-22(28)19-16-6-4-5-7-17(16)34-20(19)24-18(27)12-13-33-21-23(29)32-25-26(21)14-8-10-15(30-2)11-9-14/h8-11H,3-7,12-13H2,1-2H3,(H-,24,25,27,28,29). The molecule has 0 radical (unpaired) electrons. The molecule has 0 aliphatic heterocycles. The fourth-order valence-electron chi connectivity index (χ4n) is 3.75. The van der Waals surface area contributed by atoms with Gasteiger partial charge in [0.1, 0.15) is 10.8 Å². The Bertz CT molecular complexity index is 1170. The van der Waals surface area contributed by atoms with Crippen LogP contribution >= 0.6 is 23.1 Å². The van der Waals surface area contributed by atoms with Crippen LogP contribution in [0.2, 0.25) is 0 Å². The molecule has 0 spiro atoms. The predicted molar refractivity (Wildman–Crippen MR) is 125 cm³/mol. The third kappa shape index (κ3) is 5.20. The normalized spacial score (nSPS) is 12.8. The van der Waals surface area contributed by atoms with E-state index in [4.69, 9.17) is 14.0 Å². The Morgan fingerprint density at radius 3 is 2.76 bits per heavy atom. The van der Waals surface area contributed by atoms with Crippen LogP contribution in [0, 0.1) is 0 Å². The summed E-state index contributed by atoms with van der Waals surface area (Å²) in [4.78, 5) is 26.4. The van der Waals surface area contributed by atoms with Crippen LogP contribution in [0.25, 0.3) is 5.69 Å². The molecule has 2 aromatic heterocycles. The summed E-state index contributed by atoms with van der Waals surface area (Å²) in [7, 11) is 1.57. The maximum atomic E-state index is 12.7. The van der Waals surface area contributed by atoms with Crippen molar-refractivity contribution < 1.29 is 33.4 Å². The first-order valence-electron chi connectivity index (χ1n) is 11.0. The van der Waals surface area contributed by atoms with E-state index in [1.807, 2.05) is 0 Å². The molecule has 1 aromatic carbocycles. The van der Waals surface area contributed by atoms with Gasteiger partial charge in [-0.3, -0.25) is 4.79 Å². The molecule has 1 N–H and O–H groups in total. The number of aromatic nitrogens is 2. The first kappa shape index (κ1) is 24.1. The second-order valence-electron chi connectivity index (χ2n) is 7.56. The van der Waals surface area contributed by atoms with Crippen LogP contribution in [0.3, 0.4) is 0 Å². The van der Waals surface area contributed by atoms with Crippen molar-refractivity contribution >= 4 is 40.0 Å². The molecule has 0 saturated heterocycles. The van der Waals surface area contributed by atoms with Gasteiger partial charge in [0.15, 0.2) is 5.95 Å². The molecule has 34 heavy (non-hydrogen) atoms. The van der Waals surface area contributed by atoms with Gasteiger partial charge in [-0.1, -0.05) is 11.8 Å². The van der Waals surface area contributed by atoms with Crippen LogP contribution in [-0.2, 0) is 22.4 Å². The number of ether oxygens (including phenoxy) is 2. The minimum Gasteiger partial charge on any atom is -0.538 e. The molecule has 180 valence electrons. The average Bonchev–Trinajstić information content (AvgIpc) is 3.39. The minimum atomic E-state index is -0.572. The number of carbonyl (C=O) groups excluding carboxylic acids is 2. The van der Waals surface area contributed by atoms with Gasteiger partial charge in [-0.25, -0.2) is 4.79 Å². The van der Waals surface area contributed by atoms with E-state index in [0.717, 1.165) is 36.1 Å². The fourth-order valence-corrected chi connectivity index (χ4v) is 5.94. The van der Waals surface area contributed by atoms with Gasteiger partial charge in [0, 0.05) is 29.2 Å². The lowest BCUT2D eigenvalue weighted by Gasteiger charge is -2.12. The number of thiophene rings is 1. The van der Waals surface area contributed by atoms with E-state index in [-0.39, 0.29) is 24.0 Å². The van der Waals surface area contributed by atoms with Crippen LogP contribution in [0.4, 0.5) is 5.00 Å². The van der Waals surface area contributed by atoms with Gasteiger partial charge in [-0.05, 0) is 55.0 Å². The highest BCUT2D eigenvalue weighted by atomic mass is 32.2. The van der Waals surface area contributed by atoms with Crippen LogP contribution in [-0.4, -0.2) is 36.6 Å². The summed E-state index contributed by atoms with van der Waals surface area (Å²) in [6.45, 7) is 2.04. The molecule has 1 aliphatic carbocycles. The number of nitrogens with one attached hydrogen (secondary N) is 1. The van der Waals surface area contributed by atoms with Crippen LogP contribution in [0.15, 0.2) is 33.8 Å². The second-order valence-corrected chi connectivity index (χ2v) is 9.75. The molecule has 1 amide bonds. The second kappa shape index (κ2) is 10.9. The van der Waals surface area contributed by atoms with Crippen molar-refractivity contribution in [2.75, 3.05) is 24.8 Å². The predicted octanol–water partition coefficient (Wildman–Crippen LogP) is 3.27. The number of esters is 1. The number of hydrogen-bond donors (Lipinski definition) is 1. The molecule has 9 nitrogen and oxygen atoms in total. The van der Waals surface area contributed by atoms with Crippen LogP contribution in [0.1, 0.15) is 47.0 Å². The van der Waals surface area contributed by atoms with Crippen molar-refractivity contribution in [3.05, 3.63) is 40.3 Å². The number of amides is 1. The summed E-state index contributed by atoms with van der Waals surface area (Å²) in [5.74, 6) is -0.197. The lowest BCUT2D eigenvalue weighted by molar-refractivity contribution is -0.705. The number of fused-ring (bicyclic) bond motifs is 1. The fraction of sp³-hybridized carbons (Fsp3) is 0.391. The molecule has 0 unspecified atom stereocenters. The number of anilines is 1. The zero-order valence-corrected chi connectivity index (χ0v) is 20.6. The molecule has 0 saturated carbocycles. The van der Waals surface area contributed by atoms with Crippen molar-refractivity contribution in [2.45, 2.75) is 44.1 Å². The lowest BCUT2D eigenvalue weighted by atomic mass is 9.95. The topological polar surface area (TPSA) is 118 Å². The molecule has 0 fully saturated rings. The number of thioether (sulfide) groups is 1. The molecule has 3 aromatic rings. The van der Waals surface area contributed by atoms with Gasteiger partial charge in [0.25, 0.3) is 5.03 Å². The third-order valence-electron chi connectivity index (χ3n) is 5.36. The minimum absolute atomic E-state index is 0.142. The van der Waals surface area contributed by atoms with E-state index in [2.05, 4.69) is 10.6 Å². The van der Waals surface area contributed by atoms with Gasteiger partial charge >= 0.3 is 5.97 Å². The molecule has 11 heteroatoms. The summed E-state index contributed by atoms with van der Waals surface area (Å²) in [6, 6.07) is 7.02. The quantitative estimate of drug-likeness (QED) is 0.269. The van der Waals surface area contributed by atoms with Crippen molar-refractivity contribution in [1.82, 2.24) is 5.27 Å². The largest absolute Gasteiger partial charge is 0.538 e. The Hall–Kier alpha value is -3.05. The van der Waals surface area contributed by atoms with Gasteiger partial charge in [-0.2, -0.15) is 0 Å². The number of nitrogens with zero attached hydrogens (tertiary/aromatic N) is 2. The zero-order chi connectivity index (χ0) is 24.1. The molecular weight excluding hydrogens is 478 g/mol. The zero-order valence-electron chi connectivity index (χ0n) is 18.9. The number of hydrogen-bond acceptors (Lipinski definition) is 9. The summed E-state index contributed by atoms with van der Waals surface area (Å²) in [5.41, 5.74) is 2.13. The van der Waals surface area contributed by atoms with Gasteiger partial charge in [0.2, 0.25) is 11.6 Å². The Kier molecular flexibility index (Phi) is 7.73. The highest BCUT2D eigenvalue weighted by molar-refractivity contribution is 7.99. The first-order chi connectivity index (χ1) is 16.5. The Morgan fingerprint density at radius 2 is 2.03 bits per heavy atom. The van der Waals surface area contributed by atoms with Crippen molar-refractivity contribution in [1.29, 1.82) is 0 Å². The van der Waals surface area contributed by atoms with Gasteiger partial charge in [0.05, 0.1) is 24.6 Å². The van der Waals surface area contributed by atoms with E-state index in [1.165, 1.54) is 27.8 Å². The molecule has 0 bridgehead atoms. The molecule has 2 heterocycles. The van der Waals surface area contributed by atoms with E-state index in [0.29, 0.717) is 27.8 Å². The summed E-state index contributed by atoms with van der Waals surface area (Å²) in [6.07, 6.45) is 3.96. The molecule has 1 aliphatic rings. The number of methoxy groups -OCH3 is 1.